The van der Waals surface area contributed by atoms with Gasteiger partial charge in [0.1, 0.15) is 5.75 Å². The number of ether oxygens (including phenoxy) is 3. The highest BCUT2D eigenvalue weighted by Gasteiger charge is 2.31. The number of nitrogens with one attached hydrogen (secondary N) is 2. The Morgan fingerprint density at radius 3 is 2.59 bits per heavy atom. The van der Waals surface area contributed by atoms with Gasteiger partial charge < -0.3 is 24.8 Å². The van der Waals surface area contributed by atoms with Crippen molar-refractivity contribution in [3.63, 3.8) is 0 Å². The fraction of sp³-hybridized carbons (Fsp3) is 0.421. The Morgan fingerprint density at radius 2 is 1.93 bits per heavy atom. The number of hydrogen-bond acceptors (Lipinski definition) is 6. The largest absolute Gasteiger partial charge is 0.479 e. The second-order valence-electron chi connectivity index (χ2n) is 5.88. The molecule has 0 saturated carbocycles. The first-order chi connectivity index (χ1) is 12.9. The Hall–Kier alpha value is -2.61. The van der Waals surface area contributed by atoms with Crippen LogP contribution in [0.2, 0.25) is 0 Å². The van der Waals surface area contributed by atoms with E-state index in [0.717, 1.165) is 5.56 Å². The van der Waals surface area contributed by atoms with Crippen LogP contribution in [0, 0.1) is 0 Å². The van der Waals surface area contributed by atoms with Crippen molar-refractivity contribution in [2.45, 2.75) is 39.8 Å². The zero-order valence-electron chi connectivity index (χ0n) is 15.8. The van der Waals surface area contributed by atoms with Gasteiger partial charge in [-0.05, 0) is 57.6 Å². The monoisotopic (exact) mass is 392 g/mol. The van der Waals surface area contributed by atoms with E-state index in [1.165, 1.54) is 0 Å². The summed E-state index contributed by atoms with van der Waals surface area (Å²) in [5.41, 5.74) is 1.84. The average Bonchev–Trinajstić information content (AvgIpc) is 2.61. The number of carbonyl (C=O) groups is 2. The molecule has 1 aliphatic heterocycles. The molecule has 1 aliphatic rings. The summed E-state index contributed by atoms with van der Waals surface area (Å²) in [6.45, 7) is 7.44. The lowest BCUT2D eigenvalue weighted by molar-refractivity contribution is -0.150. The SMILES string of the molecule is CCOC(=O)C1=C(C)NC(=S)N[C@@H]1c1cccc(O[C@H](C)C(=O)OCC)c1. The molecule has 0 unspecified atom stereocenters. The number of thiocarbonyl (C=S) groups is 1. The molecule has 1 aromatic carbocycles. The first-order valence-corrected chi connectivity index (χ1v) is 9.16. The van der Waals surface area contributed by atoms with Crippen LogP contribution >= 0.6 is 12.2 Å². The standard InChI is InChI=1S/C19H24N2O5S/c1-5-24-17(22)12(4)26-14-9-7-8-13(10-14)16-15(18(23)25-6-2)11(3)20-19(27)21-16/h7-10,12,16H,5-6H2,1-4H3,(H2,20,21,27)/t12-,16-/m1/s1. The molecule has 0 aromatic heterocycles. The van der Waals surface area contributed by atoms with Crippen LogP contribution in [0.4, 0.5) is 0 Å². The van der Waals surface area contributed by atoms with Gasteiger partial charge in [-0.2, -0.15) is 0 Å². The Bertz CT molecular complexity index is 762. The van der Waals surface area contributed by atoms with Crippen LogP contribution in [0.5, 0.6) is 5.75 Å². The van der Waals surface area contributed by atoms with Gasteiger partial charge >= 0.3 is 11.9 Å². The number of esters is 2. The highest BCUT2D eigenvalue weighted by Crippen LogP contribution is 2.30. The molecule has 0 fully saturated rings. The minimum atomic E-state index is -0.746. The zero-order valence-corrected chi connectivity index (χ0v) is 16.6. The number of carbonyl (C=O) groups excluding carboxylic acids is 2. The van der Waals surface area contributed by atoms with Gasteiger partial charge in [-0.3, -0.25) is 0 Å². The van der Waals surface area contributed by atoms with Gasteiger partial charge in [0.25, 0.3) is 0 Å². The number of benzene rings is 1. The van der Waals surface area contributed by atoms with Crippen LogP contribution in [0.15, 0.2) is 35.5 Å². The maximum Gasteiger partial charge on any atom is 0.347 e. The summed E-state index contributed by atoms with van der Waals surface area (Å²) in [7, 11) is 0. The lowest BCUT2D eigenvalue weighted by Gasteiger charge is -2.30. The van der Waals surface area contributed by atoms with E-state index in [4.69, 9.17) is 26.4 Å². The van der Waals surface area contributed by atoms with E-state index < -0.39 is 24.1 Å². The summed E-state index contributed by atoms with van der Waals surface area (Å²) < 4.78 is 15.8. The number of hydrogen-bond donors (Lipinski definition) is 2. The Morgan fingerprint density at radius 1 is 1.22 bits per heavy atom. The molecule has 0 bridgehead atoms. The maximum absolute atomic E-state index is 12.4. The lowest BCUT2D eigenvalue weighted by atomic mass is 9.95. The van der Waals surface area contributed by atoms with Crippen molar-refractivity contribution in [1.82, 2.24) is 10.6 Å². The molecule has 0 amide bonds. The van der Waals surface area contributed by atoms with Gasteiger partial charge in [0.2, 0.25) is 0 Å². The van der Waals surface area contributed by atoms with Gasteiger partial charge in [0, 0.05) is 5.70 Å². The topological polar surface area (TPSA) is 85.9 Å². The zero-order chi connectivity index (χ0) is 20.0. The molecule has 0 spiro atoms. The highest BCUT2D eigenvalue weighted by molar-refractivity contribution is 7.80. The van der Waals surface area contributed by atoms with Crippen LogP contribution in [0.25, 0.3) is 0 Å². The normalized spacial score (nSPS) is 17.5. The second kappa shape index (κ2) is 9.36. The van der Waals surface area contributed by atoms with E-state index in [9.17, 15) is 9.59 Å². The van der Waals surface area contributed by atoms with Crippen molar-refractivity contribution in [3.8, 4) is 5.75 Å². The van der Waals surface area contributed by atoms with Crippen LogP contribution < -0.4 is 15.4 Å². The Kier molecular flexibility index (Phi) is 7.18. The summed E-state index contributed by atoms with van der Waals surface area (Å²) in [5.74, 6) is -0.374. The molecule has 1 heterocycles. The third-order valence-electron chi connectivity index (χ3n) is 3.89. The van der Waals surface area contributed by atoms with Gasteiger partial charge in [-0.1, -0.05) is 12.1 Å². The Labute approximate surface area is 164 Å². The van der Waals surface area contributed by atoms with Gasteiger partial charge in [-0.15, -0.1) is 0 Å². The van der Waals surface area contributed by atoms with Crippen molar-refractivity contribution in [2.75, 3.05) is 13.2 Å². The summed E-state index contributed by atoms with van der Waals surface area (Å²) in [5, 5.41) is 6.46. The first kappa shape index (κ1) is 20.7. The third kappa shape index (κ3) is 5.19. The van der Waals surface area contributed by atoms with Crippen LogP contribution in [-0.4, -0.2) is 36.4 Å². The molecule has 0 aliphatic carbocycles. The molecule has 0 radical (unpaired) electrons. The third-order valence-corrected chi connectivity index (χ3v) is 4.11. The highest BCUT2D eigenvalue weighted by atomic mass is 32.1. The maximum atomic E-state index is 12.4. The van der Waals surface area contributed by atoms with E-state index in [1.54, 1.807) is 45.9 Å². The minimum Gasteiger partial charge on any atom is -0.479 e. The van der Waals surface area contributed by atoms with E-state index in [-0.39, 0.29) is 13.2 Å². The molecule has 8 heteroatoms. The molecular weight excluding hydrogens is 368 g/mol. The van der Waals surface area contributed by atoms with E-state index >= 15 is 0 Å². The molecule has 0 saturated heterocycles. The number of rotatable bonds is 7. The molecule has 2 rings (SSSR count). The van der Waals surface area contributed by atoms with Crippen molar-refractivity contribution in [3.05, 3.63) is 41.1 Å². The fourth-order valence-corrected chi connectivity index (χ4v) is 2.97. The van der Waals surface area contributed by atoms with Crippen molar-refractivity contribution in [1.29, 1.82) is 0 Å². The molecule has 27 heavy (non-hydrogen) atoms. The molecule has 1 aromatic rings. The van der Waals surface area contributed by atoms with Crippen LogP contribution in [-0.2, 0) is 19.1 Å². The minimum absolute atomic E-state index is 0.271. The summed E-state index contributed by atoms with van der Waals surface area (Å²) in [6.07, 6.45) is -0.746. The fourth-order valence-electron chi connectivity index (χ4n) is 2.70. The van der Waals surface area contributed by atoms with Crippen LogP contribution in [0.3, 0.4) is 0 Å². The van der Waals surface area contributed by atoms with Gasteiger partial charge in [-0.25, -0.2) is 9.59 Å². The summed E-state index contributed by atoms with van der Waals surface area (Å²) in [4.78, 5) is 24.2. The van der Waals surface area contributed by atoms with Crippen molar-refractivity contribution in [2.24, 2.45) is 0 Å². The smallest absolute Gasteiger partial charge is 0.347 e. The Balaban J connectivity index is 2.30. The lowest BCUT2D eigenvalue weighted by Crippen LogP contribution is -2.45. The number of allylic oxidation sites excluding steroid dienone is 1. The predicted octanol–water partition coefficient (Wildman–Crippen LogP) is 2.37. The quantitative estimate of drug-likeness (QED) is 0.540. The second-order valence-corrected chi connectivity index (χ2v) is 6.28. The predicted molar refractivity (Wildman–Crippen MR) is 104 cm³/mol. The molecule has 7 nitrogen and oxygen atoms in total. The molecule has 146 valence electrons. The van der Waals surface area contributed by atoms with E-state index in [0.29, 0.717) is 22.1 Å². The average molecular weight is 392 g/mol. The first-order valence-electron chi connectivity index (χ1n) is 8.76. The summed E-state index contributed by atoms with van der Waals surface area (Å²) in [6, 6.07) is 6.64. The van der Waals surface area contributed by atoms with E-state index in [1.807, 2.05) is 6.07 Å². The van der Waals surface area contributed by atoms with E-state index in [2.05, 4.69) is 10.6 Å². The van der Waals surface area contributed by atoms with Crippen LogP contribution in [0.1, 0.15) is 39.3 Å². The van der Waals surface area contributed by atoms with Gasteiger partial charge in [0.05, 0.1) is 24.8 Å². The van der Waals surface area contributed by atoms with Crippen molar-refractivity contribution >= 4 is 29.3 Å². The molecule has 2 N–H and O–H groups in total. The molecular formula is C19H24N2O5S. The van der Waals surface area contributed by atoms with Crippen molar-refractivity contribution < 1.29 is 23.8 Å². The van der Waals surface area contributed by atoms with Gasteiger partial charge in [0.15, 0.2) is 11.2 Å². The molecule has 2 atom stereocenters. The summed E-state index contributed by atoms with van der Waals surface area (Å²) >= 11 is 5.23.